The van der Waals surface area contributed by atoms with Gasteiger partial charge < -0.3 is 15.0 Å². The van der Waals surface area contributed by atoms with Crippen molar-refractivity contribution >= 4 is 11.7 Å². The van der Waals surface area contributed by atoms with Crippen molar-refractivity contribution in [3.8, 4) is 5.75 Å². The van der Waals surface area contributed by atoms with Gasteiger partial charge in [0.15, 0.2) is 0 Å². The summed E-state index contributed by atoms with van der Waals surface area (Å²) < 4.78 is 5.31. The summed E-state index contributed by atoms with van der Waals surface area (Å²) in [5, 5.41) is 3.03. The lowest BCUT2D eigenvalue weighted by atomic mass is 9.90. The van der Waals surface area contributed by atoms with Gasteiger partial charge in [0.2, 0.25) is 0 Å². The molecule has 1 saturated heterocycles. The Bertz CT molecular complexity index is 874. The summed E-state index contributed by atoms with van der Waals surface area (Å²) in [6, 6.07) is 18.1. The molecule has 0 atom stereocenters. The van der Waals surface area contributed by atoms with Crippen LogP contribution in [0.1, 0.15) is 24.0 Å². The highest BCUT2D eigenvalue weighted by molar-refractivity contribution is 5.74. The van der Waals surface area contributed by atoms with Gasteiger partial charge in [-0.05, 0) is 30.2 Å². The van der Waals surface area contributed by atoms with E-state index < -0.39 is 0 Å². The Morgan fingerprint density at radius 1 is 1.17 bits per heavy atom. The average Bonchev–Trinajstić information content (AvgIpc) is 3.18. The van der Waals surface area contributed by atoms with E-state index >= 15 is 0 Å². The van der Waals surface area contributed by atoms with Crippen LogP contribution in [0.5, 0.6) is 5.75 Å². The number of benzene rings is 2. The van der Waals surface area contributed by atoms with Gasteiger partial charge >= 0.3 is 6.03 Å². The molecule has 152 valence electrons. The van der Waals surface area contributed by atoms with Crippen molar-refractivity contribution in [2.24, 2.45) is 0 Å². The molecule has 0 saturated carbocycles. The summed E-state index contributed by atoms with van der Waals surface area (Å²) in [5.41, 5.74) is 5.91. The van der Waals surface area contributed by atoms with E-state index in [-0.39, 0.29) is 11.6 Å². The first-order valence-corrected chi connectivity index (χ1v) is 10.1. The summed E-state index contributed by atoms with van der Waals surface area (Å²) in [5.74, 6) is 0.813. The number of likely N-dealkylation sites (tertiary alicyclic amines) is 1. The van der Waals surface area contributed by atoms with Crippen molar-refractivity contribution in [3.63, 3.8) is 0 Å². The molecular formula is C23H27N3O3. The van der Waals surface area contributed by atoms with Crippen molar-refractivity contribution in [2.75, 3.05) is 26.7 Å². The molecule has 2 aliphatic heterocycles. The number of amides is 2. The minimum absolute atomic E-state index is 0.00117. The number of carbonyl (C=O) groups is 1. The second-order valence-electron chi connectivity index (χ2n) is 7.51. The lowest BCUT2D eigenvalue weighted by Crippen LogP contribution is -2.50. The Kier molecular flexibility index (Phi) is 5.71. The molecule has 0 unspecified atom stereocenters. The molecule has 0 bridgehead atoms. The standard InChI is InChI=1S/C23H27N3O3/c1-28-20-9-5-8-19(16-20)21-17-23(29-25-21)11-14-26(15-12-23)22(27)24-13-10-18-6-3-2-4-7-18/h2-9,16-17,25H,10-15H2,1H3,(H,24,27). The Morgan fingerprint density at radius 2 is 1.97 bits per heavy atom. The van der Waals surface area contributed by atoms with Gasteiger partial charge in [-0.3, -0.25) is 10.3 Å². The van der Waals surface area contributed by atoms with Crippen LogP contribution in [0.25, 0.3) is 5.70 Å². The largest absolute Gasteiger partial charge is 0.497 e. The maximum atomic E-state index is 12.5. The number of carbonyl (C=O) groups excluding carboxylic acids is 1. The summed E-state index contributed by atoms with van der Waals surface area (Å²) in [6.07, 6.45) is 4.51. The van der Waals surface area contributed by atoms with Crippen LogP contribution in [-0.2, 0) is 11.3 Å². The zero-order valence-corrected chi connectivity index (χ0v) is 16.7. The molecule has 29 heavy (non-hydrogen) atoms. The molecule has 0 radical (unpaired) electrons. The highest BCUT2D eigenvalue weighted by Gasteiger charge is 2.39. The zero-order valence-electron chi connectivity index (χ0n) is 16.7. The highest BCUT2D eigenvalue weighted by Crippen LogP contribution is 2.35. The van der Waals surface area contributed by atoms with Crippen LogP contribution >= 0.6 is 0 Å². The topological polar surface area (TPSA) is 62.8 Å². The van der Waals surface area contributed by atoms with Gasteiger partial charge in [-0.15, -0.1) is 0 Å². The molecule has 0 aromatic heterocycles. The van der Waals surface area contributed by atoms with E-state index in [0.717, 1.165) is 36.3 Å². The Balaban J connectivity index is 1.29. The van der Waals surface area contributed by atoms with Crippen LogP contribution in [-0.4, -0.2) is 43.3 Å². The van der Waals surface area contributed by atoms with Gasteiger partial charge in [-0.2, -0.15) is 0 Å². The number of methoxy groups -OCH3 is 1. The fourth-order valence-corrected chi connectivity index (χ4v) is 3.82. The number of nitrogens with one attached hydrogen (secondary N) is 2. The van der Waals surface area contributed by atoms with Gasteiger partial charge in [0.05, 0.1) is 12.8 Å². The van der Waals surface area contributed by atoms with E-state index in [1.807, 2.05) is 47.4 Å². The second kappa shape index (κ2) is 8.57. The molecule has 4 rings (SSSR count). The summed E-state index contributed by atoms with van der Waals surface area (Å²) >= 11 is 0. The highest BCUT2D eigenvalue weighted by atomic mass is 16.7. The minimum Gasteiger partial charge on any atom is -0.497 e. The second-order valence-corrected chi connectivity index (χ2v) is 7.51. The van der Waals surface area contributed by atoms with E-state index in [4.69, 9.17) is 9.57 Å². The molecule has 2 N–H and O–H groups in total. The van der Waals surface area contributed by atoms with Gasteiger partial charge in [-0.1, -0.05) is 42.5 Å². The summed E-state index contributed by atoms with van der Waals surface area (Å²) in [4.78, 5) is 20.3. The fraction of sp³-hybridized carbons (Fsp3) is 0.348. The molecule has 6 heteroatoms. The van der Waals surface area contributed by atoms with Gasteiger partial charge in [-0.25, -0.2) is 4.79 Å². The number of hydrogen-bond acceptors (Lipinski definition) is 4. The van der Waals surface area contributed by atoms with E-state index in [1.165, 1.54) is 5.56 Å². The zero-order chi connectivity index (χ0) is 20.1. The quantitative estimate of drug-likeness (QED) is 0.818. The molecule has 1 fully saturated rings. The number of ether oxygens (including phenoxy) is 1. The van der Waals surface area contributed by atoms with Crippen LogP contribution in [0.3, 0.4) is 0 Å². The van der Waals surface area contributed by atoms with Crippen LogP contribution in [0.2, 0.25) is 0 Å². The third-order valence-electron chi connectivity index (χ3n) is 5.58. The number of hydroxylamine groups is 1. The monoisotopic (exact) mass is 393 g/mol. The first-order chi connectivity index (χ1) is 14.2. The maximum Gasteiger partial charge on any atom is 0.317 e. The van der Waals surface area contributed by atoms with E-state index in [9.17, 15) is 4.79 Å². The number of piperidine rings is 1. The molecule has 6 nitrogen and oxygen atoms in total. The van der Waals surface area contributed by atoms with Crippen LogP contribution in [0, 0.1) is 0 Å². The summed E-state index contributed by atoms with van der Waals surface area (Å²) in [6.45, 7) is 1.98. The number of hydrogen-bond donors (Lipinski definition) is 2. The van der Waals surface area contributed by atoms with Crippen molar-refractivity contribution in [3.05, 3.63) is 71.8 Å². The third kappa shape index (κ3) is 4.54. The van der Waals surface area contributed by atoms with Crippen molar-refractivity contribution in [1.82, 2.24) is 15.7 Å². The summed E-state index contributed by atoms with van der Waals surface area (Å²) in [7, 11) is 1.66. The Labute approximate surface area is 171 Å². The maximum absolute atomic E-state index is 12.5. The van der Waals surface area contributed by atoms with Crippen molar-refractivity contribution in [2.45, 2.75) is 24.9 Å². The molecule has 2 aromatic rings. The lowest BCUT2D eigenvalue weighted by molar-refractivity contribution is -0.0639. The van der Waals surface area contributed by atoms with E-state index in [1.54, 1.807) is 7.11 Å². The fourth-order valence-electron chi connectivity index (χ4n) is 3.82. The van der Waals surface area contributed by atoms with Gasteiger partial charge in [0, 0.05) is 38.0 Å². The van der Waals surface area contributed by atoms with Gasteiger partial charge in [0.25, 0.3) is 0 Å². The number of rotatable bonds is 5. The average molecular weight is 393 g/mol. The molecular weight excluding hydrogens is 366 g/mol. The molecule has 1 spiro atoms. The van der Waals surface area contributed by atoms with Crippen LogP contribution < -0.4 is 15.5 Å². The molecule has 2 aromatic carbocycles. The van der Waals surface area contributed by atoms with Crippen LogP contribution in [0.15, 0.2) is 60.7 Å². The normalized spacial score (nSPS) is 17.6. The molecule has 2 amide bonds. The molecule has 2 aliphatic rings. The SMILES string of the molecule is COc1cccc(C2=CC3(CCN(C(=O)NCCc4ccccc4)CC3)ON2)c1. The van der Waals surface area contributed by atoms with Gasteiger partial charge in [0.1, 0.15) is 11.4 Å². The van der Waals surface area contributed by atoms with E-state index in [0.29, 0.717) is 19.6 Å². The Morgan fingerprint density at radius 3 is 2.72 bits per heavy atom. The predicted molar refractivity (Wildman–Crippen MR) is 112 cm³/mol. The first kappa shape index (κ1) is 19.3. The Hall–Kier alpha value is -2.99. The van der Waals surface area contributed by atoms with Crippen molar-refractivity contribution in [1.29, 1.82) is 0 Å². The van der Waals surface area contributed by atoms with E-state index in [2.05, 4.69) is 29.0 Å². The smallest absolute Gasteiger partial charge is 0.317 e. The molecule has 2 heterocycles. The lowest BCUT2D eigenvalue weighted by Gasteiger charge is -2.36. The van der Waals surface area contributed by atoms with Crippen molar-refractivity contribution < 1.29 is 14.4 Å². The first-order valence-electron chi connectivity index (χ1n) is 10.1. The number of urea groups is 1. The minimum atomic E-state index is -0.362. The van der Waals surface area contributed by atoms with Crippen LogP contribution in [0.4, 0.5) is 4.79 Å². The third-order valence-corrected chi connectivity index (χ3v) is 5.58. The number of nitrogens with zero attached hydrogens (tertiary/aromatic N) is 1. The molecule has 0 aliphatic carbocycles. The predicted octanol–water partition coefficient (Wildman–Crippen LogP) is 3.36.